The Bertz CT molecular complexity index is 721. The Labute approximate surface area is 162 Å². The molecule has 0 aliphatic carbocycles. The molecular formula is C14H13O3RbS. The molecule has 2 aromatic rings. The third-order valence-corrected chi connectivity index (χ3v) is 3.67. The second-order valence-electron chi connectivity index (χ2n) is 4.35. The van der Waals surface area contributed by atoms with Gasteiger partial charge in [0, 0.05) is 0 Å². The minimum atomic E-state index is -4.46. The molecule has 0 amide bonds. The monoisotopic (exact) mass is 346 g/mol. The van der Waals surface area contributed by atoms with Crippen LogP contribution in [0.1, 0.15) is 12.5 Å². The molecule has 0 saturated heterocycles. The summed E-state index contributed by atoms with van der Waals surface area (Å²) in [5, 5.41) is 1.71. The summed E-state index contributed by atoms with van der Waals surface area (Å²) in [4.78, 5) is -0.149. The van der Waals surface area contributed by atoms with Gasteiger partial charge in [0.2, 0.25) is 0 Å². The van der Waals surface area contributed by atoms with Gasteiger partial charge in [0.05, 0.1) is 4.90 Å². The molecule has 0 aliphatic heterocycles. The molecule has 94 valence electrons. The Balaban J connectivity index is 0.00000180. The van der Waals surface area contributed by atoms with Crippen molar-refractivity contribution in [2.45, 2.75) is 18.2 Å². The molecule has 0 bridgehead atoms. The maximum Gasteiger partial charge on any atom is 1.00 e. The fraction of sp³-hybridized carbons (Fsp3) is 0.143. The van der Waals surface area contributed by atoms with Crippen molar-refractivity contribution in [3.05, 3.63) is 54.1 Å². The number of hydrogen-bond acceptors (Lipinski definition) is 3. The van der Waals surface area contributed by atoms with Gasteiger partial charge in [0.1, 0.15) is 10.1 Å². The molecule has 0 fully saturated rings. The maximum atomic E-state index is 11.3. The van der Waals surface area contributed by atoms with Crippen molar-refractivity contribution >= 4 is 20.9 Å². The average Bonchev–Trinajstić information content (AvgIpc) is 2.27. The van der Waals surface area contributed by atoms with Crippen molar-refractivity contribution in [2.75, 3.05) is 0 Å². The van der Waals surface area contributed by atoms with E-state index in [1.54, 1.807) is 6.07 Å². The van der Waals surface area contributed by atoms with Gasteiger partial charge in [0.15, 0.2) is 0 Å². The summed E-state index contributed by atoms with van der Waals surface area (Å²) < 4.78 is 33.9. The van der Waals surface area contributed by atoms with Crippen LogP contribution in [0.15, 0.2) is 53.4 Å². The molecule has 0 spiro atoms. The molecule has 0 heterocycles. The van der Waals surface area contributed by atoms with Crippen molar-refractivity contribution in [2.24, 2.45) is 0 Å². The van der Waals surface area contributed by atoms with Crippen molar-refractivity contribution in [3.63, 3.8) is 0 Å². The van der Waals surface area contributed by atoms with Crippen LogP contribution in [0.4, 0.5) is 0 Å². The molecule has 3 nitrogen and oxygen atoms in total. The molecule has 0 aromatic heterocycles. The van der Waals surface area contributed by atoms with E-state index in [0.717, 1.165) is 16.3 Å². The van der Waals surface area contributed by atoms with Crippen LogP contribution >= 0.6 is 0 Å². The summed E-state index contributed by atoms with van der Waals surface area (Å²) >= 11 is 0. The Kier molecular flexibility index (Phi) is 6.10. The largest absolute Gasteiger partial charge is 1.00 e. The smallest absolute Gasteiger partial charge is 0.744 e. The molecule has 0 saturated carbocycles. The molecule has 5 heteroatoms. The molecule has 0 radical (unpaired) electrons. The minimum absolute atomic E-state index is 0. The normalized spacial score (nSPS) is 11.1. The van der Waals surface area contributed by atoms with E-state index in [4.69, 9.17) is 0 Å². The van der Waals surface area contributed by atoms with Crippen LogP contribution in [0.5, 0.6) is 0 Å². The predicted octanol–water partition coefficient (Wildman–Crippen LogP) is -0.133. The quantitative estimate of drug-likeness (QED) is 0.574. The standard InChI is InChI=1S/C14H14O3S.Rb/c1-10(2)9-13-12-6-4-3-5-11(12)7-8-14(13)18(15,16)17;/h3-8H,1,9H2,2H3,(H,15,16,17);/q;+1/p-1. The number of hydrogen-bond donors (Lipinski definition) is 0. The summed E-state index contributed by atoms with van der Waals surface area (Å²) in [5.74, 6) is 0. The molecule has 0 aliphatic rings. The molecule has 2 rings (SSSR count). The van der Waals surface area contributed by atoms with Crippen molar-refractivity contribution in [1.29, 1.82) is 0 Å². The fourth-order valence-corrected chi connectivity index (χ4v) is 2.75. The van der Waals surface area contributed by atoms with E-state index in [1.807, 2.05) is 31.2 Å². The molecule has 0 atom stereocenters. The number of benzene rings is 2. The van der Waals surface area contributed by atoms with Crippen molar-refractivity contribution in [1.82, 2.24) is 0 Å². The van der Waals surface area contributed by atoms with Gasteiger partial charge in [-0.3, -0.25) is 0 Å². The summed E-state index contributed by atoms with van der Waals surface area (Å²) in [6, 6.07) is 10.4. The molecule has 2 aromatic carbocycles. The van der Waals surface area contributed by atoms with E-state index in [-0.39, 0.29) is 63.1 Å². The van der Waals surface area contributed by atoms with Crippen LogP contribution in [0.25, 0.3) is 10.8 Å². The summed E-state index contributed by atoms with van der Waals surface area (Å²) in [6.07, 6.45) is 0.387. The maximum absolute atomic E-state index is 11.3. The number of allylic oxidation sites excluding steroid dienone is 1. The van der Waals surface area contributed by atoms with E-state index in [1.165, 1.54) is 6.07 Å². The van der Waals surface area contributed by atoms with Gasteiger partial charge < -0.3 is 4.55 Å². The fourth-order valence-electron chi connectivity index (χ4n) is 2.03. The average molecular weight is 347 g/mol. The predicted molar refractivity (Wildman–Crippen MR) is 70.4 cm³/mol. The Morgan fingerprint density at radius 3 is 2.42 bits per heavy atom. The third-order valence-electron chi connectivity index (χ3n) is 2.75. The SMILES string of the molecule is C=C(C)Cc1c(S(=O)(=O)[O-])ccc2ccccc12.[Rb+]. The first-order valence-electron chi connectivity index (χ1n) is 5.50. The second kappa shape index (κ2) is 6.74. The first-order chi connectivity index (χ1) is 8.39. The van der Waals surface area contributed by atoms with Crippen LogP contribution in [-0.2, 0) is 16.5 Å². The number of fused-ring (bicyclic) bond motifs is 1. The van der Waals surface area contributed by atoms with E-state index in [2.05, 4.69) is 6.58 Å². The van der Waals surface area contributed by atoms with Gasteiger partial charge in [-0.25, -0.2) is 8.42 Å². The van der Waals surface area contributed by atoms with E-state index in [9.17, 15) is 13.0 Å². The van der Waals surface area contributed by atoms with Crippen molar-refractivity contribution < 1.29 is 71.2 Å². The van der Waals surface area contributed by atoms with Crippen LogP contribution in [-0.4, -0.2) is 13.0 Å². The summed E-state index contributed by atoms with van der Waals surface area (Å²) in [5.41, 5.74) is 1.35. The second-order valence-corrected chi connectivity index (χ2v) is 5.70. The van der Waals surface area contributed by atoms with Gasteiger partial charge in [0.25, 0.3) is 0 Å². The number of rotatable bonds is 3. The Morgan fingerprint density at radius 2 is 1.84 bits per heavy atom. The van der Waals surface area contributed by atoms with E-state index < -0.39 is 10.1 Å². The zero-order valence-electron chi connectivity index (χ0n) is 11.0. The van der Waals surface area contributed by atoms with Gasteiger partial charge in [-0.1, -0.05) is 42.5 Å². The van der Waals surface area contributed by atoms with Crippen LogP contribution in [0, 0.1) is 0 Å². The molecule has 0 N–H and O–H groups in total. The van der Waals surface area contributed by atoms with Gasteiger partial charge in [-0.2, -0.15) is 0 Å². The molecular weight excluding hydrogens is 334 g/mol. The first kappa shape index (κ1) is 17.2. The minimum Gasteiger partial charge on any atom is -0.744 e. The summed E-state index contributed by atoms with van der Waals surface area (Å²) in [7, 11) is -4.46. The Hall–Kier alpha value is 0.155. The zero-order valence-corrected chi connectivity index (χ0v) is 16.7. The first-order valence-corrected chi connectivity index (χ1v) is 6.91. The topological polar surface area (TPSA) is 57.2 Å². The van der Waals surface area contributed by atoms with Crippen LogP contribution < -0.4 is 58.2 Å². The van der Waals surface area contributed by atoms with Gasteiger partial charge in [-0.05, 0) is 35.7 Å². The summed E-state index contributed by atoms with van der Waals surface area (Å²) in [6.45, 7) is 5.59. The molecule has 0 unspecified atom stereocenters. The van der Waals surface area contributed by atoms with E-state index in [0.29, 0.717) is 12.0 Å². The Morgan fingerprint density at radius 1 is 1.21 bits per heavy atom. The van der Waals surface area contributed by atoms with Crippen LogP contribution in [0.2, 0.25) is 0 Å². The van der Waals surface area contributed by atoms with Crippen molar-refractivity contribution in [3.8, 4) is 0 Å². The zero-order chi connectivity index (χ0) is 13.3. The third kappa shape index (κ3) is 4.06. The van der Waals surface area contributed by atoms with Gasteiger partial charge >= 0.3 is 58.2 Å². The van der Waals surface area contributed by atoms with Gasteiger partial charge in [-0.15, -0.1) is 0 Å². The van der Waals surface area contributed by atoms with E-state index >= 15 is 0 Å². The molecule has 19 heavy (non-hydrogen) atoms. The van der Waals surface area contributed by atoms with Crippen LogP contribution in [0.3, 0.4) is 0 Å².